The predicted molar refractivity (Wildman–Crippen MR) is 68.9 cm³/mol. The third kappa shape index (κ3) is 2.26. The van der Waals surface area contributed by atoms with Crippen molar-refractivity contribution in [2.45, 2.75) is 33.6 Å². The monoisotopic (exact) mass is 230 g/mol. The highest BCUT2D eigenvalue weighted by atomic mass is 16.4. The topological polar surface area (TPSA) is 37.3 Å². The highest BCUT2D eigenvalue weighted by Crippen LogP contribution is 2.39. The second kappa shape index (κ2) is 4.36. The van der Waals surface area contributed by atoms with Crippen molar-refractivity contribution in [2.75, 3.05) is 0 Å². The molecule has 0 saturated carbocycles. The Hall–Kier alpha value is -1.57. The van der Waals surface area contributed by atoms with Gasteiger partial charge in [0, 0.05) is 0 Å². The van der Waals surface area contributed by atoms with Gasteiger partial charge in [-0.15, -0.1) is 0 Å². The number of allylic oxidation sites excluding steroid dienone is 2. The van der Waals surface area contributed by atoms with E-state index in [1.54, 1.807) is 0 Å². The number of carboxylic acids is 1. The molecule has 0 saturated heterocycles. The van der Waals surface area contributed by atoms with Crippen LogP contribution in [0.2, 0.25) is 0 Å². The van der Waals surface area contributed by atoms with E-state index in [4.69, 9.17) is 5.11 Å². The lowest BCUT2D eigenvalue weighted by Gasteiger charge is -2.14. The number of aliphatic carboxylic acids is 1. The fourth-order valence-electron chi connectivity index (χ4n) is 2.76. The molecule has 1 aliphatic carbocycles. The smallest absolute Gasteiger partial charge is 0.303 e. The van der Waals surface area contributed by atoms with Crippen LogP contribution in [0.25, 0.3) is 5.57 Å². The Labute approximate surface area is 102 Å². The number of fused-ring (bicyclic) bond motifs is 1. The van der Waals surface area contributed by atoms with Crippen molar-refractivity contribution >= 4 is 11.5 Å². The van der Waals surface area contributed by atoms with Crippen LogP contribution in [0.5, 0.6) is 0 Å². The molecular weight excluding hydrogens is 212 g/mol. The summed E-state index contributed by atoms with van der Waals surface area (Å²) in [5.74, 6) is -0.630. The van der Waals surface area contributed by atoms with Gasteiger partial charge >= 0.3 is 5.97 Å². The summed E-state index contributed by atoms with van der Waals surface area (Å²) in [5, 5.41) is 8.91. The summed E-state index contributed by atoms with van der Waals surface area (Å²) in [6, 6.07) is 6.46. The number of benzene rings is 1. The van der Waals surface area contributed by atoms with E-state index in [1.807, 2.05) is 6.92 Å². The zero-order valence-electron chi connectivity index (χ0n) is 10.6. The van der Waals surface area contributed by atoms with Gasteiger partial charge in [0.2, 0.25) is 0 Å². The Morgan fingerprint density at radius 1 is 1.41 bits per heavy atom. The van der Waals surface area contributed by atoms with Gasteiger partial charge in [0.15, 0.2) is 0 Å². The van der Waals surface area contributed by atoms with E-state index < -0.39 is 5.97 Å². The molecule has 1 aromatic carbocycles. The normalized spacial score (nSPS) is 15.9. The van der Waals surface area contributed by atoms with Gasteiger partial charge in [-0.25, -0.2) is 0 Å². The third-order valence-corrected chi connectivity index (χ3v) is 3.44. The minimum absolute atomic E-state index is 0.0931. The molecule has 2 nitrogen and oxygen atoms in total. The molecule has 2 rings (SSSR count). The molecule has 0 fully saturated rings. The van der Waals surface area contributed by atoms with Crippen molar-refractivity contribution in [2.24, 2.45) is 5.92 Å². The van der Waals surface area contributed by atoms with Crippen LogP contribution in [0.15, 0.2) is 23.8 Å². The first-order chi connectivity index (χ1) is 7.99. The highest BCUT2D eigenvalue weighted by molar-refractivity contribution is 5.80. The van der Waals surface area contributed by atoms with E-state index in [2.05, 4.69) is 32.0 Å². The average Bonchev–Trinajstić information content (AvgIpc) is 2.52. The van der Waals surface area contributed by atoms with Gasteiger partial charge in [0.25, 0.3) is 0 Å². The molecular formula is C15H18O2. The Morgan fingerprint density at radius 3 is 2.76 bits per heavy atom. The van der Waals surface area contributed by atoms with E-state index in [-0.39, 0.29) is 12.3 Å². The van der Waals surface area contributed by atoms with Crippen molar-refractivity contribution < 1.29 is 9.90 Å². The van der Waals surface area contributed by atoms with E-state index in [0.717, 1.165) is 6.42 Å². The summed E-state index contributed by atoms with van der Waals surface area (Å²) >= 11 is 0. The van der Waals surface area contributed by atoms with Crippen molar-refractivity contribution in [3.05, 3.63) is 40.5 Å². The van der Waals surface area contributed by atoms with Gasteiger partial charge in [-0.1, -0.05) is 36.3 Å². The van der Waals surface area contributed by atoms with E-state index in [1.165, 1.54) is 27.8 Å². The van der Waals surface area contributed by atoms with Crippen LogP contribution in [0.4, 0.5) is 0 Å². The Kier molecular flexibility index (Phi) is 3.05. The maximum Gasteiger partial charge on any atom is 0.303 e. The molecule has 0 aliphatic heterocycles. The van der Waals surface area contributed by atoms with Gasteiger partial charge < -0.3 is 5.11 Å². The first-order valence-electron chi connectivity index (χ1n) is 6.00. The quantitative estimate of drug-likeness (QED) is 0.863. The summed E-state index contributed by atoms with van der Waals surface area (Å²) in [5.41, 5.74) is 6.39. The Morgan fingerprint density at radius 2 is 2.12 bits per heavy atom. The van der Waals surface area contributed by atoms with Gasteiger partial charge in [0.05, 0.1) is 6.42 Å². The molecule has 1 N–H and O–H groups in total. The standard InChI is InChI=1S/C15H18O2/c1-9-4-5-12-7-10(2)15(13(12)6-9)11(3)8-14(16)17/h4-6,11H,7-8H2,1-3H3,(H,16,17). The lowest BCUT2D eigenvalue weighted by molar-refractivity contribution is -0.137. The lowest BCUT2D eigenvalue weighted by atomic mass is 9.90. The van der Waals surface area contributed by atoms with Crippen molar-refractivity contribution in [3.8, 4) is 0 Å². The summed E-state index contributed by atoms with van der Waals surface area (Å²) in [7, 11) is 0. The molecule has 90 valence electrons. The van der Waals surface area contributed by atoms with Gasteiger partial charge in [0.1, 0.15) is 0 Å². The van der Waals surface area contributed by atoms with E-state index in [0.29, 0.717) is 0 Å². The van der Waals surface area contributed by atoms with Crippen molar-refractivity contribution in [1.29, 1.82) is 0 Å². The maximum absolute atomic E-state index is 10.8. The zero-order chi connectivity index (χ0) is 12.6. The molecule has 0 bridgehead atoms. The molecule has 1 aromatic rings. The summed E-state index contributed by atoms with van der Waals surface area (Å²) in [6.07, 6.45) is 1.18. The highest BCUT2D eigenvalue weighted by Gasteiger charge is 2.24. The van der Waals surface area contributed by atoms with Crippen LogP contribution >= 0.6 is 0 Å². The maximum atomic E-state index is 10.8. The number of rotatable bonds is 3. The summed E-state index contributed by atoms with van der Waals surface area (Å²) in [6.45, 7) is 6.20. The van der Waals surface area contributed by atoms with Crippen LogP contribution in [0, 0.1) is 12.8 Å². The number of aryl methyl sites for hydroxylation is 1. The third-order valence-electron chi connectivity index (χ3n) is 3.44. The molecule has 0 radical (unpaired) electrons. The fraction of sp³-hybridized carbons (Fsp3) is 0.400. The number of carbonyl (C=O) groups is 1. The van der Waals surface area contributed by atoms with E-state index >= 15 is 0 Å². The first-order valence-corrected chi connectivity index (χ1v) is 6.00. The van der Waals surface area contributed by atoms with Crippen LogP contribution in [0.1, 0.15) is 37.0 Å². The molecule has 17 heavy (non-hydrogen) atoms. The molecule has 1 atom stereocenters. The van der Waals surface area contributed by atoms with Crippen molar-refractivity contribution in [3.63, 3.8) is 0 Å². The first kappa shape index (κ1) is 11.9. The average molecular weight is 230 g/mol. The summed E-state index contributed by atoms with van der Waals surface area (Å²) < 4.78 is 0. The summed E-state index contributed by atoms with van der Waals surface area (Å²) in [4.78, 5) is 10.8. The molecule has 0 amide bonds. The van der Waals surface area contributed by atoms with Gasteiger partial charge in [-0.3, -0.25) is 4.79 Å². The zero-order valence-corrected chi connectivity index (χ0v) is 10.6. The van der Waals surface area contributed by atoms with Crippen LogP contribution in [-0.2, 0) is 11.2 Å². The minimum atomic E-state index is -0.723. The second-order valence-corrected chi connectivity index (χ2v) is 5.03. The van der Waals surface area contributed by atoms with E-state index in [9.17, 15) is 4.79 Å². The van der Waals surface area contributed by atoms with Crippen LogP contribution < -0.4 is 0 Å². The van der Waals surface area contributed by atoms with Gasteiger partial charge in [-0.05, 0) is 42.9 Å². The SMILES string of the molecule is CC1=C(C(C)CC(=O)O)c2cc(C)ccc2C1. The van der Waals surface area contributed by atoms with Gasteiger partial charge in [-0.2, -0.15) is 0 Å². The van der Waals surface area contributed by atoms with Crippen LogP contribution in [-0.4, -0.2) is 11.1 Å². The number of carboxylic acid groups (broad SMARTS) is 1. The molecule has 0 heterocycles. The van der Waals surface area contributed by atoms with Crippen molar-refractivity contribution in [1.82, 2.24) is 0 Å². The number of hydrogen-bond donors (Lipinski definition) is 1. The second-order valence-electron chi connectivity index (χ2n) is 5.03. The largest absolute Gasteiger partial charge is 0.481 e. The van der Waals surface area contributed by atoms with Crippen LogP contribution in [0.3, 0.4) is 0 Å². The predicted octanol–water partition coefficient (Wildman–Crippen LogP) is 3.44. The molecule has 2 heteroatoms. The Bertz CT molecular complexity index is 498. The lowest BCUT2D eigenvalue weighted by Crippen LogP contribution is -2.06. The minimum Gasteiger partial charge on any atom is -0.481 e. The number of hydrogen-bond acceptors (Lipinski definition) is 1. The fourth-order valence-corrected chi connectivity index (χ4v) is 2.76. The Balaban J connectivity index is 2.38. The molecule has 0 spiro atoms. The molecule has 1 unspecified atom stereocenters. The molecule has 0 aromatic heterocycles. The molecule has 1 aliphatic rings.